The lowest BCUT2D eigenvalue weighted by Gasteiger charge is -2.30. The van der Waals surface area contributed by atoms with Gasteiger partial charge in [0.1, 0.15) is 0 Å². The minimum Gasteiger partial charge on any atom is -0.381 e. The Bertz CT molecular complexity index is 303. The Hall–Kier alpha value is -0.610. The zero-order chi connectivity index (χ0) is 14.4. The van der Waals surface area contributed by atoms with Crippen LogP contribution in [0.2, 0.25) is 0 Å². The highest BCUT2D eigenvalue weighted by Crippen LogP contribution is 2.23. The van der Waals surface area contributed by atoms with Crippen LogP contribution in [0.4, 0.5) is 0 Å². The summed E-state index contributed by atoms with van der Waals surface area (Å²) in [4.78, 5) is 14.4. The van der Waals surface area contributed by atoms with Crippen LogP contribution in [0.25, 0.3) is 0 Å². The van der Waals surface area contributed by atoms with E-state index in [1.807, 2.05) is 0 Å². The predicted octanol–water partition coefficient (Wildman–Crippen LogP) is 2.04. The summed E-state index contributed by atoms with van der Waals surface area (Å²) in [5, 5.41) is 3.56. The molecule has 2 aliphatic rings. The smallest absolute Gasteiger partial charge is 0.222 e. The standard InChI is InChI=1S/C16H30N2O2/c1-3-13-5-6-16(19)18(9-7-13)11-15(17-4-2)14-8-10-20-12-14/h13-15,17H,3-12H2,1-2H3. The lowest BCUT2D eigenvalue weighted by molar-refractivity contribution is -0.131. The fourth-order valence-electron chi connectivity index (χ4n) is 3.44. The average Bonchev–Trinajstić information content (AvgIpc) is 2.92. The second kappa shape index (κ2) is 7.99. The number of hydrogen-bond acceptors (Lipinski definition) is 3. The molecule has 2 aliphatic heterocycles. The maximum atomic E-state index is 12.3. The first kappa shape index (κ1) is 15.8. The van der Waals surface area contributed by atoms with Crippen LogP contribution < -0.4 is 5.32 Å². The van der Waals surface area contributed by atoms with Gasteiger partial charge in [-0.2, -0.15) is 0 Å². The average molecular weight is 282 g/mol. The van der Waals surface area contributed by atoms with Gasteiger partial charge >= 0.3 is 0 Å². The van der Waals surface area contributed by atoms with Crippen molar-refractivity contribution in [3.05, 3.63) is 0 Å². The van der Waals surface area contributed by atoms with Gasteiger partial charge in [0.25, 0.3) is 0 Å². The van der Waals surface area contributed by atoms with Crippen LogP contribution in [0.1, 0.15) is 46.0 Å². The Morgan fingerprint density at radius 2 is 2.20 bits per heavy atom. The molecule has 0 saturated carbocycles. The van der Waals surface area contributed by atoms with E-state index in [9.17, 15) is 4.79 Å². The van der Waals surface area contributed by atoms with Crippen molar-refractivity contribution >= 4 is 5.91 Å². The normalized spacial score (nSPS) is 29.5. The minimum absolute atomic E-state index is 0.350. The molecule has 0 radical (unpaired) electrons. The van der Waals surface area contributed by atoms with E-state index in [1.165, 1.54) is 12.8 Å². The predicted molar refractivity (Wildman–Crippen MR) is 80.6 cm³/mol. The van der Waals surface area contributed by atoms with Gasteiger partial charge in [0.2, 0.25) is 5.91 Å². The summed E-state index contributed by atoms with van der Waals surface area (Å²) in [6, 6.07) is 0.393. The lowest BCUT2D eigenvalue weighted by atomic mass is 9.98. The summed E-state index contributed by atoms with van der Waals surface area (Å²) >= 11 is 0. The molecule has 0 aromatic heterocycles. The summed E-state index contributed by atoms with van der Waals surface area (Å²) in [5.74, 6) is 1.65. The van der Waals surface area contributed by atoms with E-state index in [-0.39, 0.29) is 0 Å². The van der Waals surface area contributed by atoms with Crippen LogP contribution in [-0.2, 0) is 9.53 Å². The quantitative estimate of drug-likeness (QED) is 0.810. The summed E-state index contributed by atoms with van der Waals surface area (Å²) in [7, 11) is 0. The number of carbonyl (C=O) groups is 1. The van der Waals surface area contributed by atoms with E-state index in [2.05, 4.69) is 24.1 Å². The Morgan fingerprint density at radius 3 is 2.85 bits per heavy atom. The molecule has 4 nitrogen and oxygen atoms in total. The molecule has 3 unspecified atom stereocenters. The molecule has 2 saturated heterocycles. The Balaban J connectivity index is 1.92. The molecule has 2 rings (SSSR count). The highest BCUT2D eigenvalue weighted by molar-refractivity contribution is 5.76. The van der Waals surface area contributed by atoms with Gasteiger partial charge in [0.05, 0.1) is 6.61 Å². The molecule has 1 N–H and O–H groups in total. The SMILES string of the molecule is CCNC(CN1CCC(CC)CCC1=O)C1CCOC1. The number of hydrogen-bond donors (Lipinski definition) is 1. The van der Waals surface area contributed by atoms with Crippen molar-refractivity contribution in [2.24, 2.45) is 11.8 Å². The zero-order valence-electron chi connectivity index (χ0n) is 13.1. The molecule has 2 heterocycles. The molecule has 20 heavy (non-hydrogen) atoms. The van der Waals surface area contributed by atoms with Crippen molar-refractivity contribution < 1.29 is 9.53 Å². The Kier molecular flexibility index (Phi) is 6.30. The first-order chi connectivity index (χ1) is 9.74. The molecule has 0 spiro atoms. The van der Waals surface area contributed by atoms with Gasteiger partial charge in [-0.15, -0.1) is 0 Å². The zero-order valence-corrected chi connectivity index (χ0v) is 13.1. The molecule has 4 heteroatoms. The number of rotatable bonds is 6. The Labute approximate surface area is 123 Å². The van der Waals surface area contributed by atoms with E-state index in [4.69, 9.17) is 4.74 Å². The first-order valence-corrected chi connectivity index (χ1v) is 8.33. The first-order valence-electron chi connectivity index (χ1n) is 8.33. The molecule has 2 fully saturated rings. The molecule has 3 atom stereocenters. The van der Waals surface area contributed by atoms with Crippen LogP contribution in [0, 0.1) is 11.8 Å². The molecule has 0 aromatic carbocycles. The van der Waals surface area contributed by atoms with E-state index in [0.717, 1.165) is 58.0 Å². The molecule has 0 bridgehead atoms. The number of nitrogens with zero attached hydrogens (tertiary/aromatic N) is 1. The second-order valence-electron chi connectivity index (χ2n) is 6.23. The van der Waals surface area contributed by atoms with Crippen LogP contribution in [-0.4, -0.2) is 49.7 Å². The van der Waals surface area contributed by atoms with Crippen molar-refractivity contribution in [3.63, 3.8) is 0 Å². The molecule has 0 aromatic rings. The van der Waals surface area contributed by atoms with Gasteiger partial charge in [0.15, 0.2) is 0 Å². The van der Waals surface area contributed by atoms with Gasteiger partial charge in [-0.3, -0.25) is 4.79 Å². The topological polar surface area (TPSA) is 41.6 Å². The van der Waals surface area contributed by atoms with Crippen LogP contribution in [0.5, 0.6) is 0 Å². The number of nitrogens with one attached hydrogen (secondary N) is 1. The van der Waals surface area contributed by atoms with E-state index >= 15 is 0 Å². The Morgan fingerprint density at radius 1 is 1.35 bits per heavy atom. The van der Waals surface area contributed by atoms with Crippen LogP contribution in [0.15, 0.2) is 0 Å². The minimum atomic E-state index is 0.350. The van der Waals surface area contributed by atoms with Gasteiger partial charge in [-0.05, 0) is 31.7 Å². The van der Waals surface area contributed by atoms with Crippen molar-refractivity contribution in [2.45, 2.75) is 52.0 Å². The monoisotopic (exact) mass is 282 g/mol. The van der Waals surface area contributed by atoms with Crippen molar-refractivity contribution in [1.29, 1.82) is 0 Å². The van der Waals surface area contributed by atoms with Crippen molar-refractivity contribution in [2.75, 3.05) is 32.8 Å². The molecular weight excluding hydrogens is 252 g/mol. The number of likely N-dealkylation sites (N-methyl/N-ethyl adjacent to an activating group) is 1. The van der Waals surface area contributed by atoms with Gasteiger partial charge < -0.3 is 15.0 Å². The lowest BCUT2D eigenvalue weighted by Crippen LogP contribution is -2.47. The number of ether oxygens (including phenoxy) is 1. The molecule has 1 amide bonds. The molecule has 116 valence electrons. The van der Waals surface area contributed by atoms with Gasteiger partial charge in [-0.25, -0.2) is 0 Å². The maximum absolute atomic E-state index is 12.3. The largest absolute Gasteiger partial charge is 0.381 e. The van der Waals surface area contributed by atoms with Gasteiger partial charge in [-0.1, -0.05) is 20.3 Å². The number of amides is 1. The molecule has 0 aliphatic carbocycles. The third-order valence-corrected chi connectivity index (χ3v) is 4.92. The number of likely N-dealkylation sites (tertiary alicyclic amines) is 1. The fourth-order valence-corrected chi connectivity index (χ4v) is 3.44. The fraction of sp³-hybridized carbons (Fsp3) is 0.938. The van der Waals surface area contributed by atoms with E-state index in [0.29, 0.717) is 17.9 Å². The van der Waals surface area contributed by atoms with Gasteiger partial charge in [0, 0.05) is 38.1 Å². The van der Waals surface area contributed by atoms with Crippen molar-refractivity contribution in [1.82, 2.24) is 10.2 Å². The van der Waals surface area contributed by atoms with E-state index in [1.54, 1.807) is 0 Å². The summed E-state index contributed by atoms with van der Waals surface area (Å²) in [6.45, 7) is 8.85. The maximum Gasteiger partial charge on any atom is 0.222 e. The summed E-state index contributed by atoms with van der Waals surface area (Å²) < 4.78 is 5.52. The highest BCUT2D eigenvalue weighted by atomic mass is 16.5. The summed E-state index contributed by atoms with van der Waals surface area (Å²) in [6.07, 6.45) is 5.30. The second-order valence-corrected chi connectivity index (χ2v) is 6.23. The third kappa shape index (κ3) is 4.19. The highest BCUT2D eigenvalue weighted by Gasteiger charge is 2.29. The molecular formula is C16H30N2O2. The number of carbonyl (C=O) groups excluding carboxylic acids is 1. The third-order valence-electron chi connectivity index (χ3n) is 4.92. The van der Waals surface area contributed by atoms with Crippen molar-refractivity contribution in [3.8, 4) is 0 Å². The van der Waals surface area contributed by atoms with Crippen LogP contribution in [0.3, 0.4) is 0 Å². The van der Waals surface area contributed by atoms with E-state index < -0.39 is 0 Å². The summed E-state index contributed by atoms with van der Waals surface area (Å²) in [5.41, 5.74) is 0. The van der Waals surface area contributed by atoms with Crippen LogP contribution >= 0.6 is 0 Å².